The van der Waals surface area contributed by atoms with Crippen molar-refractivity contribution in [3.63, 3.8) is 0 Å². The summed E-state index contributed by atoms with van der Waals surface area (Å²) in [5.41, 5.74) is -0.00774. The Morgan fingerprint density at radius 2 is 2.21 bits per heavy atom. The molecule has 1 aromatic rings. The molecule has 5 heteroatoms. The number of benzene rings is 1. The first-order chi connectivity index (χ1) is 8.93. The third-order valence-electron chi connectivity index (χ3n) is 2.69. The first kappa shape index (κ1) is 16.1. The third kappa shape index (κ3) is 6.71. The van der Waals surface area contributed by atoms with E-state index in [4.69, 9.17) is 0 Å². The van der Waals surface area contributed by atoms with Crippen LogP contribution in [-0.2, 0) is 4.79 Å². The van der Waals surface area contributed by atoms with E-state index in [2.05, 4.69) is 26.6 Å². The molecule has 19 heavy (non-hydrogen) atoms. The van der Waals surface area contributed by atoms with Crippen LogP contribution in [0.25, 0.3) is 0 Å². The van der Waals surface area contributed by atoms with E-state index in [1.165, 1.54) is 0 Å². The van der Waals surface area contributed by atoms with Gasteiger partial charge in [0.2, 0.25) is 5.91 Å². The summed E-state index contributed by atoms with van der Waals surface area (Å²) < 4.78 is 0.920. The van der Waals surface area contributed by atoms with E-state index in [9.17, 15) is 9.90 Å². The highest BCUT2D eigenvalue weighted by Gasteiger charge is 2.18. The van der Waals surface area contributed by atoms with Gasteiger partial charge in [0.15, 0.2) is 0 Å². The maximum absolute atomic E-state index is 11.7. The van der Waals surface area contributed by atoms with Crippen molar-refractivity contribution in [2.24, 2.45) is 0 Å². The van der Waals surface area contributed by atoms with Gasteiger partial charge in [-0.2, -0.15) is 0 Å². The molecule has 0 saturated carbocycles. The fourth-order valence-corrected chi connectivity index (χ4v) is 2.24. The highest BCUT2D eigenvalue weighted by Crippen LogP contribution is 2.15. The molecule has 0 heterocycles. The van der Waals surface area contributed by atoms with E-state index >= 15 is 0 Å². The molecule has 0 spiro atoms. The Morgan fingerprint density at radius 3 is 2.84 bits per heavy atom. The van der Waals surface area contributed by atoms with Crippen molar-refractivity contribution in [3.05, 3.63) is 28.7 Å². The zero-order valence-electron chi connectivity index (χ0n) is 11.4. The molecular weight excluding hydrogens is 308 g/mol. The number of amides is 1. The van der Waals surface area contributed by atoms with E-state index in [1.54, 1.807) is 6.92 Å². The topological polar surface area (TPSA) is 61.4 Å². The Kier molecular flexibility index (Phi) is 6.48. The highest BCUT2D eigenvalue weighted by molar-refractivity contribution is 9.10. The number of hydrogen-bond donors (Lipinski definition) is 3. The second-order valence-corrected chi connectivity index (χ2v) is 5.82. The fourth-order valence-electron chi connectivity index (χ4n) is 1.84. The van der Waals surface area contributed by atoms with Gasteiger partial charge < -0.3 is 15.7 Å². The average Bonchev–Trinajstić information content (AvgIpc) is 2.28. The van der Waals surface area contributed by atoms with E-state index in [0.717, 1.165) is 16.6 Å². The number of halogens is 1. The first-order valence-corrected chi connectivity index (χ1v) is 7.21. The molecule has 4 nitrogen and oxygen atoms in total. The molecule has 0 radical (unpaired) electrons. The number of anilines is 1. The zero-order chi connectivity index (χ0) is 14.3. The van der Waals surface area contributed by atoms with Crippen molar-refractivity contribution in [3.8, 4) is 0 Å². The molecule has 1 amide bonds. The van der Waals surface area contributed by atoms with E-state index in [-0.39, 0.29) is 12.5 Å². The molecule has 0 aromatic heterocycles. The Labute approximate surface area is 122 Å². The Morgan fingerprint density at radius 1 is 1.47 bits per heavy atom. The molecule has 0 bridgehead atoms. The van der Waals surface area contributed by atoms with Crippen LogP contribution in [0, 0.1) is 0 Å². The molecule has 0 aliphatic heterocycles. The molecule has 0 saturated heterocycles. The normalized spacial score (nSPS) is 13.9. The van der Waals surface area contributed by atoms with Gasteiger partial charge in [0.1, 0.15) is 0 Å². The summed E-state index contributed by atoms with van der Waals surface area (Å²) in [5, 5.41) is 15.7. The van der Waals surface area contributed by atoms with Crippen LogP contribution in [0.1, 0.15) is 26.7 Å². The van der Waals surface area contributed by atoms with Crippen LogP contribution in [0.5, 0.6) is 0 Å². The summed E-state index contributed by atoms with van der Waals surface area (Å²) >= 11 is 3.35. The number of hydrogen-bond acceptors (Lipinski definition) is 3. The molecular formula is C14H21BrN2O2. The van der Waals surface area contributed by atoms with Crippen LogP contribution < -0.4 is 10.6 Å². The number of aliphatic hydroxyl groups is 1. The van der Waals surface area contributed by atoms with Gasteiger partial charge in [-0.05, 0) is 31.5 Å². The lowest BCUT2D eigenvalue weighted by Crippen LogP contribution is -2.40. The van der Waals surface area contributed by atoms with E-state index in [0.29, 0.717) is 13.0 Å². The molecule has 1 rings (SSSR count). The zero-order valence-corrected chi connectivity index (χ0v) is 13.0. The molecule has 1 aromatic carbocycles. The minimum absolute atomic E-state index is 0.120. The Bertz CT molecular complexity index is 422. The van der Waals surface area contributed by atoms with Crippen molar-refractivity contribution in [1.82, 2.24) is 5.32 Å². The molecule has 0 aliphatic rings. The summed E-state index contributed by atoms with van der Waals surface area (Å²) in [6.07, 6.45) is 1.63. The standard InChI is InChI=1S/C14H21BrN2O2/c1-3-7-14(2,19)10-16-9-13(18)17-12-6-4-5-11(15)8-12/h4-6,8,16,19H,3,7,9-10H2,1-2H3,(H,17,18). The number of carbonyl (C=O) groups excluding carboxylic acids is 1. The van der Waals surface area contributed by atoms with Gasteiger partial charge in [0, 0.05) is 16.7 Å². The lowest BCUT2D eigenvalue weighted by Gasteiger charge is -2.22. The maximum Gasteiger partial charge on any atom is 0.238 e. The minimum Gasteiger partial charge on any atom is -0.389 e. The molecule has 0 aliphatic carbocycles. The Balaban J connectivity index is 2.32. The van der Waals surface area contributed by atoms with Crippen LogP contribution in [-0.4, -0.2) is 29.7 Å². The van der Waals surface area contributed by atoms with Gasteiger partial charge in [-0.1, -0.05) is 35.3 Å². The largest absolute Gasteiger partial charge is 0.389 e. The minimum atomic E-state index is -0.759. The molecule has 106 valence electrons. The summed E-state index contributed by atoms with van der Waals surface area (Å²) in [5.74, 6) is -0.120. The van der Waals surface area contributed by atoms with E-state index in [1.807, 2.05) is 31.2 Å². The third-order valence-corrected chi connectivity index (χ3v) is 3.18. The van der Waals surface area contributed by atoms with Crippen molar-refractivity contribution >= 4 is 27.5 Å². The summed E-state index contributed by atoms with van der Waals surface area (Å²) in [6, 6.07) is 7.43. The van der Waals surface area contributed by atoms with Crippen LogP contribution >= 0.6 is 15.9 Å². The van der Waals surface area contributed by atoms with Gasteiger partial charge >= 0.3 is 0 Å². The fraction of sp³-hybridized carbons (Fsp3) is 0.500. The number of rotatable bonds is 7. The van der Waals surface area contributed by atoms with Crippen LogP contribution in [0.2, 0.25) is 0 Å². The van der Waals surface area contributed by atoms with Gasteiger partial charge in [0.05, 0.1) is 12.1 Å². The van der Waals surface area contributed by atoms with Crippen molar-refractivity contribution in [1.29, 1.82) is 0 Å². The van der Waals surface area contributed by atoms with Crippen molar-refractivity contribution < 1.29 is 9.90 Å². The van der Waals surface area contributed by atoms with E-state index < -0.39 is 5.60 Å². The Hall–Kier alpha value is -0.910. The second-order valence-electron chi connectivity index (χ2n) is 4.91. The molecule has 1 atom stereocenters. The predicted octanol–water partition coefficient (Wildman–Crippen LogP) is 2.53. The molecule has 0 fully saturated rings. The molecule has 1 unspecified atom stereocenters. The summed E-state index contributed by atoms with van der Waals surface area (Å²) in [4.78, 5) is 11.7. The van der Waals surface area contributed by atoms with Gasteiger partial charge in [0.25, 0.3) is 0 Å². The monoisotopic (exact) mass is 328 g/mol. The summed E-state index contributed by atoms with van der Waals surface area (Å²) in [7, 11) is 0. The smallest absolute Gasteiger partial charge is 0.238 e. The van der Waals surface area contributed by atoms with Gasteiger partial charge in [-0.15, -0.1) is 0 Å². The number of nitrogens with one attached hydrogen (secondary N) is 2. The molecule has 3 N–H and O–H groups in total. The SMILES string of the molecule is CCCC(C)(O)CNCC(=O)Nc1cccc(Br)c1. The van der Waals surface area contributed by atoms with Gasteiger partial charge in [-0.3, -0.25) is 4.79 Å². The maximum atomic E-state index is 11.7. The van der Waals surface area contributed by atoms with Crippen molar-refractivity contribution in [2.45, 2.75) is 32.3 Å². The predicted molar refractivity (Wildman–Crippen MR) is 81.2 cm³/mol. The highest BCUT2D eigenvalue weighted by atomic mass is 79.9. The van der Waals surface area contributed by atoms with Gasteiger partial charge in [-0.25, -0.2) is 0 Å². The van der Waals surface area contributed by atoms with Crippen LogP contribution in [0.3, 0.4) is 0 Å². The van der Waals surface area contributed by atoms with Crippen LogP contribution in [0.4, 0.5) is 5.69 Å². The number of carbonyl (C=O) groups is 1. The first-order valence-electron chi connectivity index (χ1n) is 6.41. The van der Waals surface area contributed by atoms with Crippen LogP contribution in [0.15, 0.2) is 28.7 Å². The lowest BCUT2D eigenvalue weighted by molar-refractivity contribution is -0.115. The second kappa shape index (κ2) is 7.62. The average molecular weight is 329 g/mol. The lowest BCUT2D eigenvalue weighted by atomic mass is 10.0. The summed E-state index contributed by atoms with van der Waals surface area (Å²) in [6.45, 7) is 4.39. The van der Waals surface area contributed by atoms with Crippen molar-refractivity contribution in [2.75, 3.05) is 18.4 Å². The quantitative estimate of drug-likeness (QED) is 0.720.